The number of aryl methyl sites for hydroxylation is 1. The molecule has 0 aliphatic carbocycles. The Morgan fingerprint density at radius 2 is 2.24 bits per heavy atom. The SMILES string of the molecule is CCc1cnc(CNC(=O)c2sc3ncccc3c2N)s1. The lowest BCUT2D eigenvalue weighted by molar-refractivity contribution is 0.0956. The minimum atomic E-state index is -0.177. The molecule has 0 aliphatic heterocycles. The molecule has 1 amide bonds. The smallest absolute Gasteiger partial charge is 0.263 e. The summed E-state index contributed by atoms with van der Waals surface area (Å²) in [7, 11) is 0. The number of thiophene rings is 1. The molecule has 21 heavy (non-hydrogen) atoms. The number of aromatic nitrogens is 2. The summed E-state index contributed by atoms with van der Waals surface area (Å²) in [5.74, 6) is -0.177. The number of nitrogens with one attached hydrogen (secondary N) is 1. The number of rotatable bonds is 4. The average molecular weight is 318 g/mol. The quantitative estimate of drug-likeness (QED) is 0.775. The molecule has 108 valence electrons. The molecule has 0 saturated heterocycles. The van der Waals surface area contributed by atoms with E-state index in [1.165, 1.54) is 16.2 Å². The van der Waals surface area contributed by atoms with Crippen molar-refractivity contribution in [3.05, 3.63) is 39.3 Å². The van der Waals surface area contributed by atoms with E-state index in [4.69, 9.17) is 5.73 Å². The van der Waals surface area contributed by atoms with Gasteiger partial charge in [0.15, 0.2) is 0 Å². The first-order valence-electron chi connectivity index (χ1n) is 6.53. The predicted octanol–water partition coefficient (Wildman–Crippen LogP) is 2.83. The van der Waals surface area contributed by atoms with E-state index >= 15 is 0 Å². The fraction of sp³-hybridized carbons (Fsp3) is 0.214. The molecule has 3 rings (SSSR count). The van der Waals surface area contributed by atoms with Crippen LogP contribution in [-0.2, 0) is 13.0 Å². The fourth-order valence-corrected chi connectivity index (χ4v) is 3.73. The molecular formula is C14H14N4OS2. The molecule has 0 unspecified atom stereocenters. The van der Waals surface area contributed by atoms with Crippen LogP contribution in [0.25, 0.3) is 10.2 Å². The predicted molar refractivity (Wildman–Crippen MR) is 86.7 cm³/mol. The van der Waals surface area contributed by atoms with E-state index in [0.717, 1.165) is 21.6 Å². The fourth-order valence-electron chi connectivity index (χ4n) is 1.95. The third-order valence-corrected chi connectivity index (χ3v) is 5.33. The molecule has 3 aromatic heterocycles. The van der Waals surface area contributed by atoms with Crippen LogP contribution in [0.1, 0.15) is 26.5 Å². The largest absolute Gasteiger partial charge is 0.397 e. The number of carbonyl (C=O) groups excluding carboxylic acids is 1. The van der Waals surface area contributed by atoms with Crippen molar-refractivity contribution in [3.8, 4) is 0 Å². The highest BCUT2D eigenvalue weighted by molar-refractivity contribution is 7.21. The number of carbonyl (C=O) groups is 1. The van der Waals surface area contributed by atoms with Crippen LogP contribution in [-0.4, -0.2) is 15.9 Å². The van der Waals surface area contributed by atoms with Gasteiger partial charge in [-0.3, -0.25) is 4.79 Å². The van der Waals surface area contributed by atoms with Crippen LogP contribution in [0.4, 0.5) is 5.69 Å². The molecule has 5 nitrogen and oxygen atoms in total. The van der Waals surface area contributed by atoms with E-state index in [1.807, 2.05) is 18.3 Å². The van der Waals surface area contributed by atoms with Crippen molar-refractivity contribution >= 4 is 44.5 Å². The second-order valence-corrected chi connectivity index (χ2v) is 6.66. The van der Waals surface area contributed by atoms with Gasteiger partial charge in [0.05, 0.1) is 12.2 Å². The molecule has 0 bridgehead atoms. The Balaban J connectivity index is 1.76. The van der Waals surface area contributed by atoms with Crippen LogP contribution in [0.3, 0.4) is 0 Å². The maximum absolute atomic E-state index is 12.3. The third-order valence-electron chi connectivity index (χ3n) is 3.06. The van der Waals surface area contributed by atoms with Crippen LogP contribution in [0.2, 0.25) is 0 Å². The van der Waals surface area contributed by atoms with Crippen molar-refractivity contribution in [1.82, 2.24) is 15.3 Å². The van der Waals surface area contributed by atoms with E-state index in [1.54, 1.807) is 17.5 Å². The van der Waals surface area contributed by atoms with Gasteiger partial charge in [0.1, 0.15) is 14.7 Å². The zero-order valence-electron chi connectivity index (χ0n) is 11.4. The molecule has 3 heterocycles. The topological polar surface area (TPSA) is 80.9 Å². The number of nitrogen functional groups attached to an aromatic ring is 1. The van der Waals surface area contributed by atoms with E-state index in [0.29, 0.717) is 17.1 Å². The highest BCUT2D eigenvalue weighted by Crippen LogP contribution is 2.31. The number of pyridine rings is 1. The minimum Gasteiger partial charge on any atom is -0.397 e. The summed E-state index contributed by atoms with van der Waals surface area (Å²) in [5, 5.41) is 4.60. The highest BCUT2D eigenvalue weighted by atomic mass is 32.1. The van der Waals surface area contributed by atoms with Crippen LogP contribution >= 0.6 is 22.7 Å². The van der Waals surface area contributed by atoms with Gasteiger partial charge in [0.2, 0.25) is 0 Å². The van der Waals surface area contributed by atoms with Crippen molar-refractivity contribution in [1.29, 1.82) is 0 Å². The lowest BCUT2D eigenvalue weighted by Crippen LogP contribution is -2.22. The third kappa shape index (κ3) is 2.74. The lowest BCUT2D eigenvalue weighted by atomic mass is 10.2. The molecular weight excluding hydrogens is 304 g/mol. The molecule has 0 spiro atoms. The van der Waals surface area contributed by atoms with Gasteiger partial charge in [-0.1, -0.05) is 6.92 Å². The first kappa shape index (κ1) is 14.0. The average Bonchev–Trinajstić information content (AvgIpc) is 3.10. The van der Waals surface area contributed by atoms with Crippen molar-refractivity contribution in [2.75, 3.05) is 5.73 Å². The zero-order valence-corrected chi connectivity index (χ0v) is 13.1. The van der Waals surface area contributed by atoms with Gasteiger partial charge in [-0.05, 0) is 18.6 Å². The summed E-state index contributed by atoms with van der Waals surface area (Å²) in [6, 6.07) is 3.69. The number of thiazole rings is 1. The van der Waals surface area contributed by atoms with Gasteiger partial charge >= 0.3 is 0 Å². The van der Waals surface area contributed by atoms with Gasteiger partial charge in [0.25, 0.3) is 5.91 Å². The Hall–Kier alpha value is -1.99. The summed E-state index contributed by atoms with van der Waals surface area (Å²) in [4.78, 5) is 23.3. The normalized spacial score (nSPS) is 10.9. The summed E-state index contributed by atoms with van der Waals surface area (Å²) in [6.07, 6.45) is 4.51. The monoisotopic (exact) mass is 318 g/mol. The number of fused-ring (bicyclic) bond motifs is 1. The summed E-state index contributed by atoms with van der Waals surface area (Å²) >= 11 is 2.92. The molecule has 0 aliphatic rings. The Bertz CT molecular complexity index is 793. The maximum Gasteiger partial charge on any atom is 0.263 e. The molecule has 0 fully saturated rings. The number of anilines is 1. The molecule has 3 N–H and O–H groups in total. The summed E-state index contributed by atoms with van der Waals surface area (Å²) < 4.78 is 0. The van der Waals surface area contributed by atoms with Crippen molar-refractivity contribution in [2.24, 2.45) is 0 Å². The maximum atomic E-state index is 12.3. The van der Waals surface area contributed by atoms with E-state index < -0.39 is 0 Å². The molecule has 7 heteroatoms. The van der Waals surface area contributed by atoms with Crippen LogP contribution in [0.5, 0.6) is 0 Å². The summed E-state index contributed by atoms with van der Waals surface area (Å²) in [6.45, 7) is 2.51. The van der Waals surface area contributed by atoms with Crippen molar-refractivity contribution in [2.45, 2.75) is 19.9 Å². The van der Waals surface area contributed by atoms with Crippen LogP contribution in [0.15, 0.2) is 24.5 Å². The zero-order chi connectivity index (χ0) is 14.8. The van der Waals surface area contributed by atoms with E-state index in [9.17, 15) is 4.79 Å². The first-order chi connectivity index (χ1) is 10.2. The number of nitrogens with zero attached hydrogens (tertiary/aromatic N) is 2. The summed E-state index contributed by atoms with van der Waals surface area (Å²) in [5.41, 5.74) is 6.53. The molecule has 0 atom stereocenters. The number of amides is 1. The molecule has 3 aromatic rings. The van der Waals surface area contributed by atoms with Gasteiger partial charge in [0, 0.05) is 22.7 Å². The number of hydrogen-bond acceptors (Lipinski definition) is 6. The molecule has 0 radical (unpaired) electrons. The van der Waals surface area contributed by atoms with E-state index in [2.05, 4.69) is 22.2 Å². The van der Waals surface area contributed by atoms with Gasteiger partial charge in [-0.15, -0.1) is 22.7 Å². The van der Waals surface area contributed by atoms with Crippen molar-refractivity contribution in [3.63, 3.8) is 0 Å². The minimum absolute atomic E-state index is 0.177. The van der Waals surface area contributed by atoms with Gasteiger partial charge in [-0.2, -0.15) is 0 Å². The Morgan fingerprint density at radius 3 is 2.95 bits per heavy atom. The Labute approximate surface area is 129 Å². The van der Waals surface area contributed by atoms with Crippen molar-refractivity contribution < 1.29 is 4.79 Å². The number of hydrogen-bond donors (Lipinski definition) is 2. The lowest BCUT2D eigenvalue weighted by Gasteiger charge is -2.01. The highest BCUT2D eigenvalue weighted by Gasteiger charge is 2.16. The molecule has 0 saturated carbocycles. The van der Waals surface area contributed by atoms with Crippen LogP contribution in [0, 0.1) is 0 Å². The first-order valence-corrected chi connectivity index (χ1v) is 8.17. The van der Waals surface area contributed by atoms with Gasteiger partial charge < -0.3 is 11.1 Å². The number of nitrogens with two attached hydrogens (primary N) is 1. The second-order valence-electron chi connectivity index (χ2n) is 4.46. The Morgan fingerprint density at radius 1 is 1.38 bits per heavy atom. The standard InChI is InChI=1S/C14H14N4OS2/c1-2-8-6-17-10(20-8)7-18-13(19)12-11(15)9-4-3-5-16-14(9)21-12/h3-6H,2,7,15H2,1H3,(H,18,19). The van der Waals surface area contributed by atoms with Gasteiger partial charge in [-0.25, -0.2) is 9.97 Å². The second kappa shape index (κ2) is 5.79. The Kier molecular flexibility index (Phi) is 3.85. The van der Waals surface area contributed by atoms with E-state index in [-0.39, 0.29) is 5.91 Å². The molecule has 0 aromatic carbocycles. The van der Waals surface area contributed by atoms with Crippen LogP contribution < -0.4 is 11.1 Å².